The molecule has 330 valence electrons. The molecule has 0 saturated carbocycles. The lowest BCUT2D eigenvalue weighted by Crippen LogP contribution is -2.55. The Morgan fingerprint density at radius 2 is 0.982 bits per heavy atom. The highest BCUT2D eigenvalue weighted by molar-refractivity contribution is 5.70. The summed E-state index contributed by atoms with van der Waals surface area (Å²) < 4.78 is 17.1. The summed E-state index contributed by atoms with van der Waals surface area (Å²) in [5.41, 5.74) is 0. The number of ether oxygens (including phenoxy) is 3. The van der Waals surface area contributed by atoms with Crippen molar-refractivity contribution in [1.29, 1.82) is 0 Å². The van der Waals surface area contributed by atoms with Crippen LogP contribution in [0.15, 0.2) is 48.6 Å². The highest BCUT2D eigenvalue weighted by atomic mass is 16.6. The summed E-state index contributed by atoms with van der Waals surface area (Å²) >= 11 is 0. The Labute approximate surface area is 350 Å². The summed E-state index contributed by atoms with van der Waals surface area (Å²) in [6, 6.07) is -0.732. The maximum Gasteiger partial charge on any atom is 0.306 e. The third-order valence-electron chi connectivity index (χ3n) is 10.2. The van der Waals surface area contributed by atoms with Crippen LogP contribution in [0.4, 0.5) is 0 Å². The smallest absolute Gasteiger partial charge is 0.306 e. The largest absolute Gasteiger partial charge is 0.544 e. The van der Waals surface area contributed by atoms with Gasteiger partial charge >= 0.3 is 11.9 Å². The number of carboxylic acids is 1. The fourth-order valence-electron chi connectivity index (χ4n) is 6.61. The van der Waals surface area contributed by atoms with Crippen LogP contribution < -0.4 is 5.11 Å². The molecule has 2 unspecified atom stereocenters. The highest BCUT2D eigenvalue weighted by Crippen LogP contribution is 2.14. The molecule has 0 rings (SSSR count). The number of hydrogen-bond donors (Lipinski definition) is 0. The molecular weight excluding hydrogens is 715 g/mol. The van der Waals surface area contributed by atoms with Crippen LogP contribution in [0, 0.1) is 0 Å². The summed E-state index contributed by atoms with van der Waals surface area (Å²) in [7, 11) is 5.39. The molecule has 0 aliphatic rings. The minimum atomic E-state index is -1.13. The third kappa shape index (κ3) is 38.6. The minimum absolute atomic E-state index is 0.0263. The zero-order valence-electron chi connectivity index (χ0n) is 37.5. The molecule has 0 aromatic carbocycles. The molecule has 0 aromatic rings. The number of allylic oxidation sites excluding steroid dienone is 8. The van der Waals surface area contributed by atoms with Crippen molar-refractivity contribution in [3.8, 4) is 0 Å². The molecule has 0 amide bonds. The number of carboxylic acid groups (broad SMARTS) is 1. The number of nitrogens with zero attached hydrogens (tertiary/aromatic N) is 1. The van der Waals surface area contributed by atoms with Crippen molar-refractivity contribution >= 4 is 17.9 Å². The van der Waals surface area contributed by atoms with E-state index >= 15 is 0 Å². The predicted molar refractivity (Wildman–Crippen MR) is 236 cm³/mol. The van der Waals surface area contributed by atoms with Crippen molar-refractivity contribution < 1.29 is 38.2 Å². The standard InChI is InChI=1S/C49H87NO7/c1-6-8-10-12-14-16-18-20-21-22-23-24-25-26-27-28-30-32-34-36-38-40-48(52)57-45(43-55-42-41-46(49(53)54)50(3,4)5)44-56-47(51)39-37-35-33-31-29-19-17-15-13-11-9-7-2/h9,11,15,17,24-25,29,31,45-46H,6-8,10,12-14,16,18-23,26-28,30,32-44H2,1-5H3/b11-9+,17-15+,25-24+,31-29+. The molecule has 8 heteroatoms. The molecule has 8 nitrogen and oxygen atoms in total. The van der Waals surface area contributed by atoms with Gasteiger partial charge in [-0.2, -0.15) is 0 Å². The molecule has 0 saturated heterocycles. The quantitative estimate of drug-likeness (QED) is 0.0262. The van der Waals surface area contributed by atoms with Gasteiger partial charge in [-0.15, -0.1) is 0 Å². The molecule has 0 fully saturated rings. The first-order valence-electron chi connectivity index (χ1n) is 23.2. The number of rotatable bonds is 41. The Bertz CT molecular complexity index is 1070. The Balaban J connectivity index is 4.30. The number of quaternary nitrogens is 1. The summed E-state index contributed by atoms with van der Waals surface area (Å²) in [4.78, 5) is 36.8. The number of likely N-dealkylation sites (N-methyl/N-ethyl adjacent to an activating group) is 1. The lowest BCUT2D eigenvalue weighted by atomic mass is 10.1. The average molecular weight is 802 g/mol. The molecular formula is C49H87NO7. The maximum atomic E-state index is 12.7. The van der Waals surface area contributed by atoms with E-state index in [-0.39, 0.29) is 42.7 Å². The monoisotopic (exact) mass is 802 g/mol. The van der Waals surface area contributed by atoms with Gasteiger partial charge in [0.1, 0.15) is 12.6 Å². The van der Waals surface area contributed by atoms with E-state index < -0.39 is 18.1 Å². The van der Waals surface area contributed by atoms with Crippen LogP contribution in [0.5, 0.6) is 0 Å². The molecule has 0 N–H and O–H groups in total. The van der Waals surface area contributed by atoms with Crippen molar-refractivity contribution in [3.63, 3.8) is 0 Å². The Hall–Kier alpha value is -2.71. The van der Waals surface area contributed by atoms with Gasteiger partial charge in [0.05, 0.1) is 40.3 Å². The van der Waals surface area contributed by atoms with E-state index in [4.69, 9.17) is 14.2 Å². The molecule has 0 aliphatic heterocycles. The van der Waals surface area contributed by atoms with E-state index in [0.29, 0.717) is 19.3 Å². The number of carbonyl (C=O) groups excluding carboxylic acids is 3. The molecule has 0 bridgehead atoms. The van der Waals surface area contributed by atoms with E-state index in [9.17, 15) is 19.5 Å². The van der Waals surface area contributed by atoms with Gasteiger partial charge in [0.25, 0.3) is 0 Å². The van der Waals surface area contributed by atoms with Gasteiger partial charge in [0.2, 0.25) is 0 Å². The lowest BCUT2D eigenvalue weighted by Gasteiger charge is -2.34. The highest BCUT2D eigenvalue weighted by Gasteiger charge is 2.25. The predicted octanol–water partition coefficient (Wildman–Crippen LogP) is 11.5. The summed E-state index contributed by atoms with van der Waals surface area (Å²) in [6.07, 6.45) is 47.2. The third-order valence-corrected chi connectivity index (χ3v) is 10.2. The molecule has 0 aliphatic carbocycles. The second kappa shape index (κ2) is 40.1. The van der Waals surface area contributed by atoms with Gasteiger partial charge in [0.15, 0.2) is 6.10 Å². The van der Waals surface area contributed by atoms with Crippen molar-refractivity contribution in [1.82, 2.24) is 0 Å². The van der Waals surface area contributed by atoms with Crippen molar-refractivity contribution in [2.45, 2.75) is 206 Å². The van der Waals surface area contributed by atoms with Crippen LogP contribution in [0.25, 0.3) is 0 Å². The summed E-state index contributed by atoms with van der Waals surface area (Å²) in [5.74, 6) is -1.79. The van der Waals surface area contributed by atoms with E-state index in [1.807, 2.05) is 0 Å². The summed E-state index contributed by atoms with van der Waals surface area (Å²) in [5, 5.41) is 11.6. The van der Waals surface area contributed by atoms with Crippen molar-refractivity contribution in [2.24, 2.45) is 0 Å². The van der Waals surface area contributed by atoms with Crippen LogP contribution in [0.1, 0.15) is 194 Å². The second-order valence-corrected chi connectivity index (χ2v) is 16.6. The zero-order chi connectivity index (χ0) is 42.1. The number of carbonyl (C=O) groups is 3. The van der Waals surface area contributed by atoms with Crippen molar-refractivity contribution in [2.75, 3.05) is 41.0 Å². The average Bonchev–Trinajstić information content (AvgIpc) is 3.17. The fraction of sp³-hybridized carbons (Fsp3) is 0.776. The molecule has 57 heavy (non-hydrogen) atoms. The zero-order valence-corrected chi connectivity index (χ0v) is 37.5. The SMILES string of the molecule is CC/C=C/C/C=C/C/C=C/CCCCC(=O)OCC(COCCC(C(=O)[O-])[N+](C)(C)C)OC(=O)CCCCCCCCC/C=C/CCCCCCCCCCCC. The normalized spacial score (nSPS) is 13.4. The minimum Gasteiger partial charge on any atom is -0.544 e. The first-order chi connectivity index (χ1) is 27.6. The van der Waals surface area contributed by atoms with Crippen LogP contribution in [0.3, 0.4) is 0 Å². The number of hydrogen-bond acceptors (Lipinski definition) is 7. The van der Waals surface area contributed by atoms with Gasteiger partial charge in [-0.1, -0.05) is 152 Å². The Kier molecular flexibility index (Phi) is 38.2. The Morgan fingerprint density at radius 1 is 0.544 bits per heavy atom. The maximum absolute atomic E-state index is 12.7. The van der Waals surface area contributed by atoms with E-state index in [0.717, 1.165) is 51.4 Å². The molecule has 0 heterocycles. The second-order valence-electron chi connectivity index (χ2n) is 16.6. The molecule has 0 radical (unpaired) electrons. The number of esters is 2. The first kappa shape index (κ1) is 54.3. The molecule has 0 spiro atoms. The number of unbranched alkanes of at least 4 members (excludes halogenated alkanes) is 19. The lowest BCUT2D eigenvalue weighted by molar-refractivity contribution is -0.889. The van der Waals surface area contributed by atoms with Gasteiger partial charge in [-0.3, -0.25) is 9.59 Å². The van der Waals surface area contributed by atoms with Gasteiger partial charge < -0.3 is 28.6 Å². The topological polar surface area (TPSA) is 102 Å². The first-order valence-corrected chi connectivity index (χ1v) is 23.2. The van der Waals surface area contributed by atoms with Crippen LogP contribution >= 0.6 is 0 Å². The number of aliphatic carboxylic acids is 1. The molecule has 2 atom stereocenters. The van der Waals surface area contributed by atoms with Crippen LogP contribution in [-0.4, -0.2) is 75.5 Å². The van der Waals surface area contributed by atoms with Crippen LogP contribution in [-0.2, 0) is 28.6 Å². The van der Waals surface area contributed by atoms with E-state index in [2.05, 4.69) is 62.5 Å². The fourth-order valence-corrected chi connectivity index (χ4v) is 6.61. The van der Waals surface area contributed by atoms with E-state index in [1.54, 1.807) is 21.1 Å². The molecule has 0 aromatic heterocycles. The van der Waals surface area contributed by atoms with Crippen LogP contribution in [0.2, 0.25) is 0 Å². The van der Waals surface area contributed by atoms with Gasteiger partial charge in [-0.25, -0.2) is 0 Å². The van der Waals surface area contributed by atoms with Gasteiger partial charge in [-0.05, 0) is 70.6 Å². The summed E-state index contributed by atoms with van der Waals surface area (Å²) in [6.45, 7) is 4.50. The van der Waals surface area contributed by atoms with Gasteiger partial charge in [0, 0.05) is 19.3 Å². The van der Waals surface area contributed by atoms with Crippen molar-refractivity contribution in [3.05, 3.63) is 48.6 Å². The Morgan fingerprint density at radius 3 is 1.51 bits per heavy atom. The van der Waals surface area contributed by atoms with E-state index in [1.165, 1.54) is 103 Å².